The standard InChI is InChI=1S/C20H15NO4/c1-12(22)25-14-9-6-13(7-10-14)8-11-17-18(21)20(24)16-5-3-2-4-15(16)19(17)23/h2-11H,21H2,1H3/b11-8+. The van der Waals surface area contributed by atoms with Gasteiger partial charge >= 0.3 is 5.97 Å². The number of ether oxygens (including phenoxy) is 1. The maximum atomic E-state index is 12.6. The Labute approximate surface area is 144 Å². The summed E-state index contributed by atoms with van der Waals surface area (Å²) in [4.78, 5) is 35.8. The van der Waals surface area contributed by atoms with E-state index in [4.69, 9.17) is 10.5 Å². The Morgan fingerprint density at radius 3 is 2.12 bits per heavy atom. The van der Waals surface area contributed by atoms with Crippen molar-refractivity contribution in [3.05, 3.63) is 82.6 Å². The third kappa shape index (κ3) is 3.26. The van der Waals surface area contributed by atoms with Crippen LogP contribution in [0, 0.1) is 0 Å². The van der Waals surface area contributed by atoms with Crippen molar-refractivity contribution in [2.45, 2.75) is 6.92 Å². The summed E-state index contributed by atoms with van der Waals surface area (Å²) in [5.41, 5.74) is 7.44. The lowest BCUT2D eigenvalue weighted by Gasteiger charge is -2.16. The van der Waals surface area contributed by atoms with Gasteiger partial charge in [0.25, 0.3) is 0 Å². The summed E-state index contributed by atoms with van der Waals surface area (Å²) < 4.78 is 4.96. The van der Waals surface area contributed by atoms with Gasteiger partial charge in [-0.1, -0.05) is 42.5 Å². The number of rotatable bonds is 3. The quantitative estimate of drug-likeness (QED) is 0.689. The van der Waals surface area contributed by atoms with Crippen molar-refractivity contribution < 1.29 is 19.1 Å². The fourth-order valence-electron chi connectivity index (χ4n) is 2.57. The molecule has 2 aromatic carbocycles. The minimum atomic E-state index is -0.397. The van der Waals surface area contributed by atoms with Crippen LogP contribution in [0.25, 0.3) is 6.08 Å². The molecule has 124 valence electrons. The van der Waals surface area contributed by atoms with Gasteiger partial charge in [-0.05, 0) is 23.8 Å². The van der Waals surface area contributed by atoms with Gasteiger partial charge in [0.2, 0.25) is 5.78 Å². The Bertz CT molecular complexity index is 936. The molecule has 0 aromatic heterocycles. The summed E-state index contributed by atoms with van der Waals surface area (Å²) in [5.74, 6) is -0.590. The van der Waals surface area contributed by atoms with Gasteiger partial charge in [0.05, 0.1) is 5.70 Å². The molecule has 0 aliphatic heterocycles. The first kappa shape index (κ1) is 16.4. The number of carbonyl (C=O) groups excluding carboxylic acids is 3. The molecule has 0 atom stereocenters. The number of Topliss-reactive ketones (excluding diaryl/α,β-unsaturated/α-hetero) is 2. The number of esters is 1. The molecular weight excluding hydrogens is 318 g/mol. The molecule has 0 unspecified atom stereocenters. The van der Waals surface area contributed by atoms with Crippen LogP contribution < -0.4 is 10.5 Å². The molecule has 0 saturated heterocycles. The molecule has 0 radical (unpaired) electrons. The third-order valence-corrected chi connectivity index (χ3v) is 3.78. The van der Waals surface area contributed by atoms with Gasteiger partial charge in [0.1, 0.15) is 5.75 Å². The molecule has 0 fully saturated rings. The van der Waals surface area contributed by atoms with E-state index in [1.807, 2.05) is 0 Å². The van der Waals surface area contributed by atoms with Gasteiger partial charge in [-0.2, -0.15) is 0 Å². The zero-order valence-corrected chi connectivity index (χ0v) is 13.5. The average molecular weight is 333 g/mol. The molecule has 5 heteroatoms. The zero-order chi connectivity index (χ0) is 18.0. The molecule has 2 N–H and O–H groups in total. The number of allylic oxidation sites excluding steroid dienone is 3. The number of fused-ring (bicyclic) bond motifs is 1. The Morgan fingerprint density at radius 2 is 1.52 bits per heavy atom. The third-order valence-electron chi connectivity index (χ3n) is 3.78. The van der Waals surface area contributed by atoms with Crippen LogP contribution in [0.15, 0.2) is 65.9 Å². The van der Waals surface area contributed by atoms with E-state index in [9.17, 15) is 14.4 Å². The van der Waals surface area contributed by atoms with Crippen LogP contribution in [0.2, 0.25) is 0 Å². The Balaban J connectivity index is 1.88. The van der Waals surface area contributed by atoms with Crippen LogP contribution in [0.4, 0.5) is 0 Å². The SMILES string of the molecule is CC(=O)Oc1ccc(/C=C/C2=C(N)C(=O)c3ccccc3C2=O)cc1. The summed E-state index contributed by atoms with van der Waals surface area (Å²) in [5, 5.41) is 0. The van der Waals surface area contributed by atoms with Crippen LogP contribution >= 0.6 is 0 Å². The highest BCUT2D eigenvalue weighted by Crippen LogP contribution is 2.25. The van der Waals surface area contributed by atoms with Crippen LogP contribution in [-0.4, -0.2) is 17.5 Å². The van der Waals surface area contributed by atoms with Gasteiger partial charge in [-0.3, -0.25) is 14.4 Å². The Hall–Kier alpha value is -3.47. The molecular formula is C20H15NO4. The van der Waals surface area contributed by atoms with Gasteiger partial charge in [0.15, 0.2) is 5.78 Å². The molecule has 25 heavy (non-hydrogen) atoms. The fourth-order valence-corrected chi connectivity index (χ4v) is 2.57. The number of nitrogens with two attached hydrogens (primary N) is 1. The molecule has 0 bridgehead atoms. The minimum absolute atomic E-state index is 0.0588. The maximum Gasteiger partial charge on any atom is 0.308 e. The first-order valence-electron chi connectivity index (χ1n) is 7.62. The van der Waals surface area contributed by atoms with Crippen LogP contribution in [0.5, 0.6) is 5.75 Å². The van der Waals surface area contributed by atoms with Crippen molar-refractivity contribution >= 4 is 23.6 Å². The molecule has 0 heterocycles. The molecule has 1 aliphatic carbocycles. The number of carbonyl (C=O) groups is 3. The van der Waals surface area contributed by atoms with Gasteiger partial charge in [-0.25, -0.2) is 0 Å². The van der Waals surface area contributed by atoms with E-state index < -0.39 is 5.97 Å². The molecule has 0 saturated carbocycles. The lowest BCUT2D eigenvalue weighted by Crippen LogP contribution is -2.25. The maximum absolute atomic E-state index is 12.6. The van der Waals surface area contributed by atoms with Gasteiger partial charge in [0, 0.05) is 23.6 Å². The first-order chi connectivity index (χ1) is 12.0. The molecule has 0 spiro atoms. The summed E-state index contributed by atoms with van der Waals surface area (Å²) in [7, 11) is 0. The topological polar surface area (TPSA) is 86.5 Å². The average Bonchev–Trinajstić information content (AvgIpc) is 2.61. The highest BCUT2D eigenvalue weighted by atomic mass is 16.5. The van der Waals surface area contributed by atoms with E-state index >= 15 is 0 Å². The monoisotopic (exact) mass is 333 g/mol. The summed E-state index contributed by atoms with van der Waals surface area (Å²) in [6.45, 7) is 1.33. The Kier molecular flexibility index (Phi) is 4.31. The molecule has 1 aliphatic rings. The smallest absolute Gasteiger partial charge is 0.308 e. The van der Waals surface area contributed by atoms with Crippen molar-refractivity contribution in [2.75, 3.05) is 0 Å². The van der Waals surface area contributed by atoms with E-state index in [0.29, 0.717) is 16.9 Å². The highest BCUT2D eigenvalue weighted by molar-refractivity contribution is 6.27. The van der Waals surface area contributed by atoms with Gasteiger partial charge < -0.3 is 10.5 Å². The summed E-state index contributed by atoms with van der Waals surface area (Å²) in [6, 6.07) is 13.4. The lowest BCUT2D eigenvalue weighted by molar-refractivity contribution is -0.131. The number of ketones is 2. The van der Waals surface area contributed by atoms with Crippen LogP contribution in [-0.2, 0) is 4.79 Å². The van der Waals surface area contributed by atoms with E-state index in [-0.39, 0.29) is 22.8 Å². The van der Waals surface area contributed by atoms with Crippen molar-refractivity contribution in [3.63, 3.8) is 0 Å². The van der Waals surface area contributed by atoms with Crippen LogP contribution in [0.1, 0.15) is 33.2 Å². The van der Waals surface area contributed by atoms with Crippen molar-refractivity contribution in [3.8, 4) is 5.75 Å². The second-order valence-electron chi connectivity index (χ2n) is 5.53. The highest BCUT2D eigenvalue weighted by Gasteiger charge is 2.28. The van der Waals surface area contributed by atoms with E-state index in [1.54, 1.807) is 54.6 Å². The molecule has 2 aromatic rings. The van der Waals surface area contributed by atoms with E-state index in [1.165, 1.54) is 13.0 Å². The lowest BCUT2D eigenvalue weighted by atomic mass is 9.87. The van der Waals surface area contributed by atoms with Crippen molar-refractivity contribution in [1.82, 2.24) is 0 Å². The number of benzene rings is 2. The van der Waals surface area contributed by atoms with Crippen molar-refractivity contribution in [1.29, 1.82) is 0 Å². The molecule has 3 rings (SSSR count). The minimum Gasteiger partial charge on any atom is -0.427 e. The van der Waals surface area contributed by atoms with Gasteiger partial charge in [-0.15, -0.1) is 0 Å². The predicted molar refractivity (Wildman–Crippen MR) is 93.1 cm³/mol. The Morgan fingerprint density at radius 1 is 0.920 bits per heavy atom. The summed E-state index contributed by atoms with van der Waals surface area (Å²) >= 11 is 0. The summed E-state index contributed by atoms with van der Waals surface area (Å²) in [6.07, 6.45) is 3.21. The fraction of sp³-hybridized carbons (Fsp3) is 0.0500. The second kappa shape index (κ2) is 6.57. The number of hydrogen-bond acceptors (Lipinski definition) is 5. The second-order valence-corrected chi connectivity index (χ2v) is 5.53. The molecule has 5 nitrogen and oxygen atoms in total. The van der Waals surface area contributed by atoms with Crippen molar-refractivity contribution in [2.24, 2.45) is 5.73 Å². The normalized spacial score (nSPS) is 14.0. The van der Waals surface area contributed by atoms with Crippen LogP contribution in [0.3, 0.4) is 0 Å². The largest absolute Gasteiger partial charge is 0.427 e. The predicted octanol–water partition coefficient (Wildman–Crippen LogP) is 2.92. The van der Waals surface area contributed by atoms with E-state index in [2.05, 4.69) is 0 Å². The molecule has 0 amide bonds. The number of hydrogen-bond donors (Lipinski definition) is 1. The first-order valence-corrected chi connectivity index (χ1v) is 7.62. The van der Waals surface area contributed by atoms with E-state index in [0.717, 1.165) is 5.56 Å². The zero-order valence-electron chi connectivity index (χ0n) is 13.5.